The van der Waals surface area contributed by atoms with E-state index < -0.39 is 0 Å². The zero-order chi connectivity index (χ0) is 18.6. The van der Waals surface area contributed by atoms with Crippen molar-refractivity contribution in [1.82, 2.24) is 35.0 Å². The van der Waals surface area contributed by atoms with E-state index in [1.54, 1.807) is 11.8 Å². The van der Waals surface area contributed by atoms with Crippen molar-refractivity contribution in [2.75, 3.05) is 18.0 Å². The lowest BCUT2D eigenvalue weighted by Crippen LogP contribution is -2.22. The van der Waals surface area contributed by atoms with Gasteiger partial charge in [-0.1, -0.05) is 42.4 Å². The summed E-state index contributed by atoms with van der Waals surface area (Å²) in [5, 5.41) is 22.4. The molecule has 1 fully saturated rings. The molecule has 1 saturated heterocycles. The summed E-state index contributed by atoms with van der Waals surface area (Å²) >= 11 is 8.06. The summed E-state index contributed by atoms with van der Waals surface area (Å²) in [5.41, 5.74) is 0.890. The van der Waals surface area contributed by atoms with Gasteiger partial charge in [0.25, 0.3) is 0 Å². The van der Waals surface area contributed by atoms with Gasteiger partial charge in [0.05, 0.1) is 16.5 Å². The van der Waals surface area contributed by atoms with Crippen LogP contribution in [0.25, 0.3) is 5.69 Å². The summed E-state index contributed by atoms with van der Waals surface area (Å²) in [7, 11) is 0. The van der Waals surface area contributed by atoms with Crippen LogP contribution in [0.3, 0.4) is 0 Å². The number of hydrogen-bond donors (Lipinski definition) is 0. The van der Waals surface area contributed by atoms with Crippen LogP contribution in [-0.4, -0.2) is 48.1 Å². The Hall–Kier alpha value is -2.13. The Kier molecular flexibility index (Phi) is 5.58. The maximum absolute atomic E-state index is 6.49. The van der Waals surface area contributed by atoms with Gasteiger partial charge in [0, 0.05) is 19.6 Å². The second-order valence-corrected chi connectivity index (χ2v) is 7.72. The Labute approximate surface area is 166 Å². The van der Waals surface area contributed by atoms with E-state index in [9.17, 15) is 0 Å². The summed E-state index contributed by atoms with van der Waals surface area (Å²) in [6, 6.07) is 7.79. The lowest BCUT2D eigenvalue weighted by Gasteiger charge is -2.19. The first kappa shape index (κ1) is 18.2. The van der Waals surface area contributed by atoms with E-state index in [4.69, 9.17) is 11.6 Å². The van der Waals surface area contributed by atoms with Crippen LogP contribution >= 0.6 is 23.4 Å². The lowest BCUT2D eigenvalue weighted by molar-refractivity contribution is 0.564. The van der Waals surface area contributed by atoms with Crippen LogP contribution in [0.2, 0.25) is 5.02 Å². The van der Waals surface area contributed by atoms with Crippen LogP contribution in [0.4, 0.5) is 5.95 Å². The van der Waals surface area contributed by atoms with Gasteiger partial charge in [-0.2, -0.15) is 0 Å². The monoisotopic (exact) mass is 404 g/mol. The molecule has 2 aromatic heterocycles. The quantitative estimate of drug-likeness (QED) is 0.559. The van der Waals surface area contributed by atoms with Gasteiger partial charge in [-0.3, -0.25) is 4.57 Å². The van der Waals surface area contributed by atoms with Gasteiger partial charge in [0.1, 0.15) is 0 Å². The van der Waals surface area contributed by atoms with Gasteiger partial charge < -0.3 is 4.90 Å². The van der Waals surface area contributed by atoms with Gasteiger partial charge >= 0.3 is 0 Å². The SMILES string of the molecule is CCCn1nnnc1CSc1nnc(N2CCCC2)n1-c1ccccc1Cl. The molecule has 0 saturated carbocycles. The molecular weight excluding hydrogens is 384 g/mol. The Bertz CT molecular complexity index is 902. The first-order chi connectivity index (χ1) is 13.3. The Balaban J connectivity index is 1.66. The second-order valence-electron chi connectivity index (χ2n) is 6.37. The Morgan fingerprint density at radius 1 is 1.11 bits per heavy atom. The van der Waals surface area contributed by atoms with E-state index in [0.29, 0.717) is 10.8 Å². The highest BCUT2D eigenvalue weighted by atomic mass is 35.5. The zero-order valence-corrected chi connectivity index (χ0v) is 16.7. The molecule has 8 nitrogen and oxygen atoms in total. The highest BCUT2D eigenvalue weighted by molar-refractivity contribution is 7.98. The van der Waals surface area contributed by atoms with Crippen molar-refractivity contribution in [2.45, 2.75) is 43.6 Å². The number of para-hydroxylation sites is 1. The molecule has 0 amide bonds. The molecule has 1 aliphatic rings. The van der Waals surface area contributed by atoms with Crippen LogP contribution in [-0.2, 0) is 12.3 Å². The molecule has 10 heteroatoms. The number of rotatable bonds is 7. The van der Waals surface area contributed by atoms with Gasteiger partial charge in [0.2, 0.25) is 5.95 Å². The maximum Gasteiger partial charge on any atom is 0.232 e. The number of halogens is 1. The van der Waals surface area contributed by atoms with Crippen molar-refractivity contribution >= 4 is 29.3 Å². The highest BCUT2D eigenvalue weighted by Gasteiger charge is 2.23. The third-order valence-corrected chi connectivity index (χ3v) is 5.71. The third kappa shape index (κ3) is 3.79. The predicted molar refractivity (Wildman–Crippen MR) is 105 cm³/mol. The Morgan fingerprint density at radius 3 is 2.70 bits per heavy atom. The maximum atomic E-state index is 6.49. The average Bonchev–Trinajstić information content (AvgIpc) is 3.41. The van der Waals surface area contributed by atoms with E-state index >= 15 is 0 Å². The van der Waals surface area contributed by atoms with Gasteiger partial charge in [-0.15, -0.1) is 15.3 Å². The van der Waals surface area contributed by atoms with Crippen molar-refractivity contribution in [1.29, 1.82) is 0 Å². The number of tetrazole rings is 1. The Morgan fingerprint density at radius 2 is 1.93 bits per heavy atom. The number of thioether (sulfide) groups is 1. The van der Waals surface area contributed by atoms with Crippen molar-refractivity contribution < 1.29 is 0 Å². The van der Waals surface area contributed by atoms with Crippen molar-refractivity contribution in [3.05, 3.63) is 35.1 Å². The molecular formula is C17H21ClN8S. The molecule has 0 atom stereocenters. The average molecular weight is 405 g/mol. The van der Waals surface area contributed by atoms with Crippen LogP contribution in [0.5, 0.6) is 0 Å². The van der Waals surface area contributed by atoms with Crippen LogP contribution in [0, 0.1) is 0 Å². The first-order valence-corrected chi connectivity index (χ1v) is 10.5. The highest BCUT2D eigenvalue weighted by Crippen LogP contribution is 2.32. The fraction of sp³-hybridized carbons (Fsp3) is 0.471. The molecule has 0 spiro atoms. The normalized spacial score (nSPS) is 14.2. The fourth-order valence-corrected chi connectivity index (χ4v) is 4.26. The summed E-state index contributed by atoms with van der Waals surface area (Å²) in [6.07, 6.45) is 3.32. The molecule has 0 aliphatic carbocycles. The van der Waals surface area contributed by atoms with Crippen molar-refractivity contribution in [3.63, 3.8) is 0 Å². The third-order valence-electron chi connectivity index (χ3n) is 4.47. The number of aryl methyl sites for hydroxylation is 1. The number of nitrogens with zero attached hydrogens (tertiary/aromatic N) is 8. The summed E-state index contributed by atoms with van der Waals surface area (Å²) < 4.78 is 3.89. The number of anilines is 1. The molecule has 0 N–H and O–H groups in total. The van der Waals surface area contributed by atoms with E-state index in [2.05, 4.69) is 37.5 Å². The van der Waals surface area contributed by atoms with Crippen molar-refractivity contribution in [3.8, 4) is 5.69 Å². The summed E-state index contributed by atoms with van der Waals surface area (Å²) in [5.74, 6) is 2.30. The van der Waals surface area contributed by atoms with E-state index in [0.717, 1.165) is 48.7 Å². The minimum Gasteiger partial charge on any atom is -0.341 e. The molecule has 0 bridgehead atoms. The smallest absolute Gasteiger partial charge is 0.232 e. The molecule has 4 rings (SSSR count). The van der Waals surface area contributed by atoms with Crippen LogP contribution in [0.15, 0.2) is 29.4 Å². The van der Waals surface area contributed by atoms with Gasteiger partial charge in [-0.05, 0) is 41.8 Å². The van der Waals surface area contributed by atoms with Crippen LogP contribution < -0.4 is 4.90 Å². The topological polar surface area (TPSA) is 77.5 Å². The number of benzene rings is 1. The van der Waals surface area contributed by atoms with E-state index in [1.807, 2.05) is 33.5 Å². The molecule has 1 aliphatic heterocycles. The van der Waals surface area contributed by atoms with E-state index in [-0.39, 0.29) is 0 Å². The largest absolute Gasteiger partial charge is 0.341 e. The zero-order valence-electron chi connectivity index (χ0n) is 15.1. The molecule has 27 heavy (non-hydrogen) atoms. The summed E-state index contributed by atoms with van der Waals surface area (Å²) in [6.45, 7) is 4.89. The van der Waals surface area contributed by atoms with Gasteiger partial charge in [0.15, 0.2) is 11.0 Å². The molecule has 0 unspecified atom stereocenters. The minimum atomic E-state index is 0.621. The molecule has 0 radical (unpaired) electrons. The van der Waals surface area contributed by atoms with E-state index in [1.165, 1.54) is 12.8 Å². The molecule has 142 valence electrons. The molecule has 3 heterocycles. The van der Waals surface area contributed by atoms with Crippen LogP contribution in [0.1, 0.15) is 32.0 Å². The standard InChI is InChI=1S/C17H21ClN8S/c1-2-9-25-15(19-22-23-25)12-27-17-21-20-16(24-10-5-6-11-24)26(17)14-8-4-3-7-13(14)18/h3-4,7-8H,2,5-6,9-12H2,1H3. The lowest BCUT2D eigenvalue weighted by atomic mass is 10.3. The molecule has 3 aromatic rings. The number of hydrogen-bond acceptors (Lipinski definition) is 7. The molecule has 1 aromatic carbocycles. The predicted octanol–water partition coefficient (Wildman–Crippen LogP) is 3.21. The van der Waals surface area contributed by atoms with Gasteiger partial charge in [-0.25, -0.2) is 4.68 Å². The number of aromatic nitrogens is 7. The minimum absolute atomic E-state index is 0.621. The van der Waals surface area contributed by atoms with Crippen molar-refractivity contribution in [2.24, 2.45) is 0 Å². The second kappa shape index (κ2) is 8.26. The summed E-state index contributed by atoms with van der Waals surface area (Å²) in [4.78, 5) is 2.27. The first-order valence-electron chi connectivity index (χ1n) is 9.11. The fourth-order valence-electron chi connectivity index (χ4n) is 3.16.